The van der Waals surface area contributed by atoms with E-state index in [4.69, 9.17) is 4.74 Å². The monoisotopic (exact) mass is 242 g/mol. The van der Waals surface area contributed by atoms with Crippen LogP contribution in [0, 0.1) is 17.3 Å². The van der Waals surface area contributed by atoms with Crippen molar-refractivity contribution in [3.05, 3.63) is 0 Å². The first kappa shape index (κ1) is 17.0. The molecule has 0 spiro atoms. The molecule has 0 rings (SSSR count). The van der Waals surface area contributed by atoms with E-state index in [0.29, 0.717) is 17.3 Å². The van der Waals surface area contributed by atoms with E-state index < -0.39 is 0 Å². The first-order valence-corrected chi connectivity index (χ1v) is 7.27. The van der Waals surface area contributed by atoms with Gasteiger partial charge in [0.05, 0.1) is 12.2 Å². The standard InChI is InChI=1S/C16H34O/c1-9-10-11-15(5,6)17-12-14(4)16(7,8)13(2)3/h13-14H,9-12H2,1-8H3. The third-order valence-corrected chi connectivity index (χ3v) is 4.61. The van der Waals surface area contributed by atoms with Crippen LogP contribution in [0.4, 0.5) is 0 Å². The van der Waals surface area contributed by atoms with Crippen molar-refractivity contribution in [2.45, 2.75) is 80.3 Å². The molecule has 0 aromatic heterocycles. The molecule has 0 aromatic rings. The van der Waals surface area contributed by atoms with Gasteiger partial charge in [-0.3, -0.25) is 0 Å². The Morgan fingerprint density at radius 2 is 1.53 bits per heavy atom. The summed E-state index contributed by atoms with van der Waals surface area (Å²) in [5.41, 5.74) is 0.387. The van der Waals surface area contributed by atoms with Crippen molar-refractivity contribution in [3.8, 4) is 0 Å². The van der Waals surface area contributed by atoms with Crippen LogP contribution in [0.2, 0.25) is 0 Å². The van der Waals surface area contributed by atoms with Gasteiger partial charge in [0.2, 0.25) is 0 Å². The summed E-state index contributed by atoms with van der Waals surface area (Å²) in [6, 6.07) is 0. The number of hydrogen-bond donors (Lipinski definition) is 0. The summed E-state index contributed by atoms with van der Waals surface area (Å²) in [7, 11) is 0. The topological polar surface area (TPSA) is 9.23 Å². The lowest BCUT2D eigenvalue weighted by Crippen LogP contribution is -2.34. The Bertz CT molecular complexity index is 204. The second-order valence-corrected chi connectivity index (χ2v) is 7.05. The normalized spacial score (nSPS) is 15.4. The third kappa shape index (κ3) is 5.90. The van der Waals surface area contributed by atoms with Crippen LogP contribution in [0.1, 0.15) is 74.7 Å². The van der Waals surface area contributed by atoms with Gasteiger partial charge in [-0.05, 0) is 37.5 Å². The van der Waals surface area contributed by atoms with Gasteiger partial charge in [-0.1, -0.05) is 54.4 Å². The van der Waals surface area contributed by atoms with Gasteiger partial charge in [0.15, 0.2) is 0 Å². The van der Waals surface area contributed by atoms with E-state index in [9.17, 15) is 0 Å². The van der Waals surface area contributed by atoms with Crippen LogP contribution in [0.25, 0.3) is 0 Å². The highest BCUT2D eigenvalue weighted by Gasteiger charge is 2.30. The van der Waals surface area contributed by atoms with Gasteiger partial charge >= 0.3 is 0 Å². The third-order valence-electron chi connectivity index (χ3n) is 4.61. The molecule has 17 heavy (non-hydrogen) atoms. The molecule has 0 saturated heterocycles. The first-order chi connectivity index (χ1) is 7.63. The van der Waals surface area contributed by atoms with Gasteiger partial charge in [0.1, 0.15) is 0 Å². The SMILES string of the molecule is CCCCC(C)(C)OCC(C)C(C)(C)C(C)C. The molecule has 0 aliphatic heterocycles. The van der Waals surface area contributed by atoms with E-state index in [0.717, 1.165) is 6.61 Å². The van der Waals surface area contributed by atoms with Gasteiger partial charge < -0.3 is 4.74 Å². The maximum Gasteiger partial charge on any atom is 0.0626 e. The Hall–Kier alpha value is -0.0400. The summed E-state index contributed by atoms with van der Waals surface area (Å²) in [6.45, 7) is 19.2. The molecular weight excluding hydrogens is 208 g/mol. The van der Waals surface area contributed by atoms with Crippen LogP contribution in [0.15, 0.2) is 0 Å². The van der Waals surface area contributed by atoms with Crippen molar-refractivity contribution in [1.29, 1.82) is 0 Å². The Balaban J connectivity index is 4.19. The zero-order valence-electron chi connectivity index (χ0n) is 13.4. The maximum atomic E-state index is 6.13. The van der Waals surface area contributed by atoms with Crippen molar-refractivity contribution in [3.63, 3.8) is 0 Å². The fourth-order valence-electron chi connectivity index (χ4n) is 1.81. The van der Waals surface area contributed by atoms with Crippen molar-refractivity contribution in [1.82, 2.24) is 0 Å². The minimum atomic E-state index is 0.0390. The number of unbranched alkanes of at least 4 members (excludes halogenated alkanes) is 1. The minimum Gasteiger partial charge on any atom is -0.375 e. The average molecular weight is 242 g/mol. The molecule has 0 saturated carbocycles. The van der Waals surface area contributed by atoms with E-state index in [1.54, 1.807) is 0 Å². The molecule has 0 N–H and O–H groups in total. The Morgan fingerprint density at radius 3 is 1.94 bits per heavy atom. The lowest BCUT2D eigenvalue weighted by molar-refractivity contribution is -0.0630. The number of ether oxygens (including phenoxy) is 1. The Labute approximate surface area is 109 Å². The lowest BCUT2D eigenvalue weighted by atomic mass is 9.72. The molecular formula is C16H34O. The van der Waals surface area contributed by atoms with Crippen LogP contribution in [0.5, 0.6) is 0 Å². The van der Waals surface area contributed by atoms with Gasteiger partial charge in [-0.25, -0.2) is 0 Å². The molecule has 0 aromatic carbocycles. The van der Waals surface area contributed by atoms with E-state index in [1.165, 1.54) is 19.3 Å². The fourth-order valence-corrected chi connectivity index (χ4v) is 1.81. The van der Waals surface area contributed by atoms with Crippen molar-refractivity contribution in [2.75, 3.05) is 6.61 Å². The van der Waals surface area contributed by atoms with Crippen LogP contribution in [-0.2, 0) is 4.74 Å². The van der Waals surface area contributed by atoms with E-state index in [2.05, 4.69) is 55.4 Å². The van der Waals surface area contributed by atoms with Crippen molar-refractivity contribution in [2.24, 2.45) is 17.3 Å². The van der Waals surface area contributed by atoms with Crippen LogP contribution >= 0.6 is 0 Å². The molecule has 0 bridgehead atoms. The number of hydrogen-bond acceptors (Lipinski definition) is 1. The molecule has 0 radical (unpaired) electrons. The summed E-state index contributed by atoms with van der Waals surface area (Å²) in [6.07, 6.45) is 3.67. The van der Waals surface area contributed by atoms with Crippen LogP contribution < -0.4 is 0 Å². The van der Waals surface area contributed by atoms with E-state index in [-0.39, 0.29) is 5.60 Å². The molecule has 0 aliphatic carbocycles. The smallest absolute Gasteiger partial charge is 0.0626 e. The largest absolute Gasteiger partial charge is 0.375 e. The zero-order valence-corrected chi connectivity index (χ0v) is 13.4. The molecule has 1 nitrogen and oxygen atoms in total. The highest BCUT2D eigenvalue weighted by atomic mass is 16.5. The van der Waals surface area contributed by atoms with E-state index >= 15 is 0 Å². The molecule has 0 amide bonds. The summed E-state index contributed by atoms with van der Waals surface area (Å²) in [4.78, 5) is 0. The highest BCUT2D eigenvalue weighted by molar-refractivity contribution is 4.79. The number of rotatable bonds is 8. The van der Waals surface area contributed by atoms with Crippen LogP contribution in [0.3, 0.4) is 0 Å². The maximum absolute atomic E-state index is 6.13. The fraction of sp³-hybridized carbons (Fsp3) is 1.00. The summed E-state index contributed by atoms with van der Waals surface area (Å²) >= 11 is 0. The minimum absolute atomic E-state index is 0.0390. The average Bonchev–Trinajstić information content (AvgIpc) is 2.23. The van der Waals surface area contributed by atoms with E-state index in [1.807, 2.05) is 0 Å². The second-order valence-electron chi connectivity index (χ2n) is 7.05. The molecule has 104 valence electrons. The van der Waals surface area contributed by atoms with Crippen molar-refractivity contribution >= 4 is 0 Å². The predicted octanol–water partition coefficient (Wildman–Crippen LogP) is 5.29. The molecule has 0 aliphatic rings. The van der Waals surface area contributed by atoms with Gasteiger partial charge in [0.25, 0.3) is 0 Å². The summed E-state index contributed by atoms with van der Waals surface area (Å²) in [5, 5.41) is 0. The summed E-state index contributed by atoms with van der Waals surface area (Å²) in [5.74, 6) is 1.29. The summed E-state index contributed by atoms with van der Waals surface area (Å²) < 4.78 is 6.13. The first-order valence-electron chi connectivity index (χ1n) is 7.27. The van der Waals surface area contributed by atoms with Gasteiger partial charge in [0, 0.05) is 0 Å². The second kappa shape index (κ2) is 6.78. The molecule has 0 fully saturated rings. The molecule has 1 heteroatoms. The quantitative estimate of drug-likeness (QED) is 0.562. The Morgan fingerprint density at radius 1 is 1.00 bits per heavy atom. The zero-order chi connectivity index (χ0) is 13.7. The molecule has 1 atom stereocenters. The predicted molar refractivity (Wildman–Crippen MR) is 77.3 cm³/mol. The van der Waals surface area contributed by atoms with Gasteiger partial charge in [-0.15, -0.1) is 0 Å². The molecule has 0 heterocycles. The lowest BCUT2D eigenvalue weighted by Gasteiger charge is -2.38. The van der Waals surface area contributed by atoms with Gasteiger partial charge in [-0.2, -0.15) is 0 Å². The Kier molecular flexibility index (Phi) is 6.76. The highest BCUT2D eigenvalue weighted by Crippen LogP contribution is 2.35. The van der Waals surface area contributed by atoms with Crippen molar-refractivity contribution < 1.29 is 4.74 Å². The van der Waals surface area contributed by atoms with Crippen LogP contribution in [-0.4, -0.2) is 12.2 Å². The molecule has 1 unspecified atom stereocenters.